The van der Waals surface area contributed by atoms with E-state index in [-0.39, 0.29) is 6.04 Å². The molecular formula is C17H19ClN3O2+. The van der Waals surface area contributed by atoms with Gasteiger partial charge in [0.05, 0.1) is 0 Å². The molecule has 2 aromatic rings. The van der Waals surface area contributed by atoms with Crippen LogP contribution in [0.1, 0.15) is 30.1 Å². The molecule has 5 nitrogen and oxygen atoms in total. The van der Waals surface area contributed by atoms with E-state index < -0.39 is 18.0 Å². The van der Waals surface area contributed by atoms with Gasteiger partial charge >= 0.3 is 6.03 Å². The molecular weight excluding hydrogens is 314 g/mol. The molecule has 0 aliphatic heterocycles. The van der Waals surface area contributed by atoms with Gasteiger partial charge in [-0.05, 0) is 19.1 Å². The summed E-state index contributed by atoms with van der Waals surface area (Å²) in [5.74, 6) is -0.440. The Hall–Kier alpha value is -2.37. The van der Waals surface area contributed by atoms with Crippen molar-refractivity contribution in [2.45, 2.75) is 19.0 Å². The highest BCUT2D eigenvalue weighted by Gasteiger charge is 2.27. The van der Waals surface area contributed by atoms with Gasteiger partial charge in [-0.1, -0.05) is 54.1 Å². The van der Waals surface area contributed by atoms with E-state index in [1.165, 1.54) is 0 Å². The fourth-order valence-corrected chi connectivity index (χ4v) is 2.50. The van der Waals surface area contributed by atoms with Gasteiger partial charge in [0.2, 0.25) is 0 Å². The summed E-state index contributed by atoms with van der Waals surface area (Å²) in [4.78, 5) is 23.3. The first-order valence-electron chi connectivity index (χ1n) is 7.23. The van der Waals surface area contributed by atoms with Crippen molar-refractivity contribution in [1.82, 2.24) is 5.32 Å². The molecule has 2 rings (SSSR count). The molecule has 5 N–H and O–H groups in total. The van der Waals surface area contributed by atoms with Crippen molar-refractivity contribution in [1.29, 1.82) is 0 Å². The van der Waals surface area contributed by atoms with Crippen molar-refractivity contribution in [3.8, 4) is 0 Å². The van der Waals surface area contributed by atoms with E-state index in [0.717, 1.165) is 11.1 Å². The minimum Gasteiger partial charge on any atom is -0.351 e. The van der Waals surface area contributed by atoms with Crippen molar-refractivity contribution in [2.75, 3.05) is 0 Å². The third kappa shape index (κ3) is 4.81. The van der Waals surface area contributed by atoms with Crippen LogP contribution in [0.2, 0.25) is 5.02 Å². The summed E-state index contributed by atoms with van der Waals surface area (Å²) >= 11 is 5.90. The smallest absolute Gasteiger partial charge is 0.319 e. The van der Waals surface area contributed by atoms with Gasteiger partial charge in [-0.3, -0.25) is 10.1 Å². The Bertz CT molecular complexity index is 674. The third-order valence-electron chi connectivity index (χ3n) is 3.56. The van der Waals surface area contributed by atoms with Gasteiger partial charge in [0.1, 0.15) is 6.04 Å². The summed E-state index contributed by atoms with van der Waals surface area (Å²) < 4.78 is 0. The largest absolute Gasteiger partial charge is 0.351 e. The monoisotopic (exact) mass is 332 g/mol. The zero-order valence-electron chi connectivity index (χ0n) is 12.7. The molecule has 120 valence electrons. The molecule has 3 amide bonds. The number of rotatable bonds is 5. The van der Waals surface area contributed by atoms with Crippen molar-refractivity contribution < 1.29 is 14.9 Å². The molecule has 6 heteroatoms. The average Bonchev–Trinajstić information content (AvgIpc) is 2.53. The lowest BCUT2D eigenvalue weighted by molar-refractivity contribution is -0.719. The molecule has 0 aliphatic carbocycles. The fourth-order valence-electron chi connectivity index (χ4n) is 2.38. The number of primary amides is 1. The number of carbonyl (C=O) groups is 2. The number of amides is 3. The molecule has 2 atom stereocenters. The number of nitrogens with two attached hydrogens (primary N) is 2. The summed E-state index contributed by atoms with van der Waals surface area (Å²) in [6.45, 7) is 1.98. The highest BCUT2D eigenvalue weighted by molar-refractivity contribution is 6.30. The minimum absolute atomic E-state index is 0.00361. The van der Waals surface area contributed by atoms with Crippen LogP contribution in [0.15, 0.2) is 54.6 Å². The SMILES string of the molecule is C[C@H]([NH2+][C@H](C(=O)NC(N)=O)c1ccccc1)c1ccc(Cl)cc1. The summed E-state index contributed by atoms with van der Waals surface area (Å²) in [6.07, 6.45) is 0. The molecule has 0 fully saturated rings. The highest BCUT2D eigenvalue weighted by Crippen LogP contribution is 2.16. The van der Waals surface area contributed by atoms with Gasteiger partial charge in [0.25, 0.3) is 5.91 Å². The Balaban J connectivity index is 2.21. The van der Waals surface area contributed by atoms with Crippen LogP contribution in [-0.2, 0) is 4.79 Å². The second kappa shape index (κ2) is 7.76. The Labute approximate surface area is 139 Å². The Morgan fingerprint density at radius 3 is 2.22 bits per heavy atom. The van der Waals surface area contributed by atoms with E-state index in [1.54, 1.807) is 0 Å². The molecule has 0 saturated heterocycles. The number of hydrogen-bond acceptors (Lipinski definition) is 2. The average molecular weight is 333 g/mol. The van der Waals surface area contributed by atoms with Crippen LogP contribution in [0, 0.1) is 0 Å². The van der Waals surface area contributed by atoms with Gasteiger partial charge in [-0.25, -0.2) is 4.79 Å². The maximum absolute atomic E-state index is 12.3. The number of halogens is 1. The molecule has 0 radical (unpaired) electrons. The van der Waals surface area contributed by atoms with Crippen LogP contribution in [0.3, 0.4) is 0 Å². The lowest BCUT2D eigenvalue weighted by Crippen LogP contribution is -2.88. The van der Waals surface area contributed by atoms with Crippen LogP contribution < -0.4 is 16.4 Å². The molecule has 0 bridgehead atoms. The van der Waals surface area contributed by atoms with Crippen LogP contribution >= 0.6 is 11.6 Å². The maximum atomic E-state index is 12.3. The molecule has 0 aromatic heterocycles. The Morgan fingerprint density at radius 1 is 1.04 bits per heavy atom. The van der Waals surface area contributed by atoms with Crippen LogP contribution in [-0.4, -0.2) is 11.9 Å². The summed E-state index contributed by atoms with van der Waals surface area (Å²) in [5, 5.41) is 4.70. The topological polar surface area (TPSA) is 88.8 Å². The van der Waals surface area contributed by atoms with E-state index >= 15 is 0 Å². The molecule has 0 aliphatic rings. The molecule has 2 aromatic carbocycles. The quantitative estimate of drug-likeness (QED) is 0.780. The Morgan fingerprint density at radius 2 is 1.65 bits per heavy atom. The van der Waals surface area contributed by atoms with Crippen LogP contribution in [0.4, 0.5) is 4.79 Å². The molecule has 0 unspecified atom stereocenters. The first kappa shape index (κ1) is 17.0. The second-order valence-electron chi connectivity index (χ2n) is 5.27. The zero-order valence-corrected chi connectivity index (χ0v) is 13.5. The molecule has 0 spiro atoms. The van der Waals surface area contributed by atoms with Gasteiger partial charge in [-0.2, -0.15) is 0 Å². The lowest BCUT2D eigenvalue weighted by Gasteiger charge is -2.19. The summed E-state index contributed by atoms with van der Waals surface area (Å²) in [5.41, 5.74) is 6.90. The van der Waals surface area contributed by atoms with E-state index in [1.807, 2.05) is 66.8 Å². The minimum atomic E-state index is -0.858. The number of benzene rings is 2. The first-order chi connectivity index (χ1) is 11.0. The normalized spacial score (nSPS) is 13.1. The number of imide groups is 1. The van der Waals surface area contributed by atoms with Crippen molar-refractivity contribution in [3.05, 3.63) is 70.7 Å². The lowest BCUT2D eigenvalue weighted by atomic mass is 10.0. The summed E-state index contributed by atoms with van der Waals surface area (Å²) in [6, 6.07) is 15.3. The van der Waals surface area contributed by atoms with Gasteiger partial charge < -0.3 is 11.1 Å². The third-order valence-corrected chi connectivity index (χ3v) is 3.82. The fraction of sp³-hybridized carbons (Fsp3) is 0.176. The number of quaternary nitrogens is 1. The molecule has 0 saturated carbocycles. The number of urea groups is 1. The van der Waals surface area contributed by atoms with Gasteiger partial charge in [-0.15, -0.1) is 0 Å². The number of carbonyl (C=O) groups excluding carboxylic acids is 2. The maximum Gasteiger partial charge on any atom is 0.319 e. The zero-order chi connectivity index (χ0) is 16.8. The number of hydrogen-bond donors (Lipinski definition) is 3. The Kier molecular flexibility index (Phi) is 5.73. The van der Waals surface area contributed by atoms with E-state index in [4.69, 9.17) is 17.3 Å². The predicted molar refractivity (Wildman–Crippen MR) is 88.7 cm³/mol. The molecule has 0 heterocycles. The van der Waals surface area contributed by atoms with Crippen molar-refractivity contribution in [2.24, 2.45) is 5.73 Å². The van der Waals surface area contributed by atoms with Crippen LogP contribution in [0.5, 0.6) is 0 Å². The van der Waals surface area contributed by atoms with Crippen molar-refractivity contribution >= 4 is 23.5 Å². The number of nitrogens with one attached hydrogen (secondary N) is 1. The van der Waals surface area contributed by atoms with Gasteiger partial charge in [0, 0.05) is 16.1 Å². The summed E-state index contributed by atoms with van der Waals surface area (Å²) in [7, 11) is 0. The van der Waals surface area contributed by atoms with E-state index in [0.29, 0.717) is 5.02 Å². The van der Waals surface area contributed by atoms with Crippen molar-refractivity contribution in [3.63, 3.8) is 0 Å². The molecule has 23 heavy (non-hydrogen) atoms. The van der Waals surface area contributed by atoms with Gasteiger partial charge in [0.15, 0.2) is 6.04 Å². The van der Waals surface area contributed by atoms with E-state index in [9.17, 15) is 9.59 Å². The highest BCUT2D eigenvalue weighted by atomic mass is 35.5. The predicted octanol–water partition coefficient (Wildman–Crippen LogP) is 1.90. The van der Waals surface area contributed by atoms with Crippen LogP contribution in [0.25, 0.3) is 0 Å². The standard InChI is InChI=1S/C17H18ClN3O2/c1-11(12-7-9-14(18)10-8-12)20-15(16(22)21-17(19)23)13-5-3-2-4-6-13/h2-11,15,20H,1H3,(H3,19,21,22,23)/p+1/t11-,15-/m0/s1. The second-order valence-corrected chi connectivity index (χ2v) is 5.71. The van der Waals surface area contributed by atoms with E-state index in [2.05, 4.69) is 5.32 Å². The first-order valence-corrected chi connectivity index (χ1v) is 7.61.